The van der Waals surface area contributed by atoms with E-state index in [1.807, 2.05) is 35.9 Å². The molecule has 1 aromatic carbocycles. The van der Waals surface area contributed by atoms with Gasteiger partial charge >= 0.3 is 0 Å². The predicted octanol–water partition coefficient (Wildman–Crippen LogP) is 0.765. The minimum atomic E-state index is -0.246. The molecule has 1 aliphatic heterocycles. The van der Waals surface area contributed by atoms with E-state index < -0.39 is 0 Å². The van der Waals surface area contributed by atoms with Gasteiger partial charge in [-0.15, -0.1) is 10.2 Å². The van der Waals surface area contributed by atoms with Crippen molar-refractivity contribution in [2.24, 2.45) is 7.05 Å². The second-order valence-electron chi connectivity index (χ2n) is 5.86. The Morgan fingerprint density at radius 2 is 2.25 bits per heavy atom. The molecule has 0 radical (unpaired) electrons. The smallest absolute Gasteiger partial charge is 0.244 e. The Kier molecular flexibility index (Phi) is 3.73. The van der Waals surface area contributed by atoms with Crippen molar-refractivity contribution in [3.8, 4) is 0 Å². The summed E-state index contributed by atoms with van der Waals surface area (Å²) in [4.78, 5) is 14.5. The molecule has 24 heavy (non-hydrogen) atoms. The average Bonchev–Trinajstić information content (AvgIpc) is 3.22. The van der Waals surface area contributed by atoms with Gasteiger partial charge in [0.15, 0.2) is 5.82 Å². The number of benzene rings is 1. The number of aromatic nitrogens is 5. The van der Waals surface area contributed by atoms with Crippen LogP contribution in [-0.2, 0) is 23.1 Å². The predicted molar refractivity (Wildman–Crippen MR) is 86.0 cm³/mol. The fraction of sp³-hybridized carbons (Fsp3) is 0.375. The first-order valence-corrected chi connectivity index (χ1v) is 7.86. The third kappa shape index (κ3) is 2.65. The second-order valence-corrected chi connectivity index (χ2v) is 5.86. The van der Waals surface area contributed by atoms with Crippen LogP contribution < -0.4 is 0 Å². The van der Waals surface area contributed by atoms with Crippen LogP contribution in [-0.4, -0.2) is 55.0 Å². The molecule has 124 valence electrons. The Bertz CT molecular complexity index is 870. The number of para-hydroxylation sites is 1. The van der Waals surface area contributed by atoms with Gasteiger partial charge in [0.1, 0.15) is 19.0 Å². The minimum Gasteiger partial charge on any atom is -0.366 e. The molecule has 0 saturated carbocycles. The van der Waals surface area contributed by atoms with Gasteiger partial charge in [-0.2, -0.15) is 5.10 Å². The maximum atomic E-state index is 12.7. The molecule has 0 unspecified atom stereocenters. The van der Waals surface area contributed by atoms with Crippen molar-refractivity contribution in [1.29, 1.82) is 0 Å². The van der Waals surface area contributed by atoms with Crippen LogP contribution in [0, 0.1) is 0 Å². The summed E-state index contributed by atoms with van der Waals surface area (Å²) in [6.07, 6.45) is 3.17. The Hall–Kier alpha value is -2.74. The zero-order chi connectivity index (χ0) is 16.5. The van der Waals surface area contributed by atoms with Gasteiger partial charge in [-0.25, -0.2) is 0 Å². The fourth-order valence-electron chi connectivity index (χ4n) is 3.00. The summed E-state index contributed by atoms with van der Waals surface area (Å²) in [7, 11) is 1.87. The fourth-order valence-corrected chi connectivity index (χ4v) is 3.00. The van der Waals surface area contributed by atoms with E-state index in [4.69, 9.17) is 4.74 Å². The number of aryl methyl sites for hydroxylation is 1. The lowest BCUT2D eigenvalue weighted by atomic mass is 10.2. The number of hydrogen-bond donors (Lipinski definition) is 0. The molecule has 2 aromatic heterocycles. The van der Waals surface area contributed by atoms with E-state index in [0.29, 0.717) is 19.7 Å². The van der Waals surface area contributed by atoms with Gasteiger partial charge < -0.3 is 14.2 Å². The van der Waals surface area contributed by atoms with E-state index in [1.165, 1.54) is 0 Å². The summed E-state index contributed by atoms with van der Waals surface area (Å²) in [6, 6.07) is 7.87. The largest absolute Gasteiger partial charge is 0.366 e. The maximum absolute atomic E-state index is 12.7. The highest BCUT2D eigenvalue weighted by atomic mass is 16.5. The van der Waals surface area contributed by atoms with E-state index in [2.05, 4.69) is 15.3 Å². The quantitative estimate of drug-likeness (QED) is 0.710. The SMILES string of the molecule is Cn1cnnc1[C@@H]1CN(C(=O)Cn2ncc3ccccc32)CCO1. The van der Waals surface area contributed by atoms with Crippen LogP contribution in [0.1, 0.15) is 11.9 Å². The monoisotopic (exact) mass is 326 g/mol. The molecule has 0 N–H and O–H groups in total. The van der Waals surface area contributed by atoms with Crippen molar-refractivity contribution in [3.63, 3.8) is 0 Å². The van der Waals surface area contributed by atoms with Crippen molar-refractivity contribution in [2.75, 3.05) is 19.7 Å². The van der Waals surface area contributed by atoms with Crippen molar-refractivity contribution >= 4 is 16.8 Å². The second kappa shape index (κ2) is 6.04. The molecule has 8 nitrogen and oxygen atoms in total. The molecule has 1 fully saturated rings. The van der Waals surface area contributed by atoms with Gasteiger partial charge in [0.2, 0.25) is 5.91 Å². The number of carbonyl (C=O) groups is 1. The van der Waals surface area contributed by atoms with Crippen molar-refractivity contribution in [2.45, 2.75) is 12.6 Å². The number of ether oxygens (including phenoxy) is 1. The Morgan fingerprint density at radius 1 is 1.38 bits per heavy atom. The molecular formula is C16H18N6O2. The highest BCUT2D eigenvalue weighted by Gasteiger charge is 2.28. The summed E-state index contributed by atoms with van der Waals surface area (Å²) in [5.41, 5.74) is 0.962. The van der Waals surface area contributed by atoms with Crippen molar-refractivity contribution in [1.82, 2.24) is 29.4 Å². The molecule has 1 amide bonds. The van der Waals surface area contributed by atoms with Crippen LogP contribution in [0.25, 0.3) is 10.9 Å². The highest BCUT2D eigenvalue weighted by Crippen LogP contribution is 2.20. The molecule has 0 bridgehead atoms. The number of hydrogen-bond acceptors (Lipinski definition) is 5. The van der Waals surface area contributed by atoms with Gasteiger partial charge in [-0.3, -0.25) is 9.48 Å². The number of nitrogens with zero attached hydrogens (tertiary/aromatic N) is 6. The molecule has 8 heteroatoms. The number of amides is 1. The Labute approximate surface area is 138 Å². The first kappa shape index (κ1) is 14.8. The van der Waals surface area contributed by atoms with Crippen LogP contribution in [0.15, 0.2) is 36.8 Å². The van der Waals surface area contributed by atoms with Gasteiger partial charge in [-0.05, 0) is 6.07 Å². The zero-order valence-electron chi connectivity index (χ0n) is 13.4. The molecule has 1 aliphatic rings. The summed E-state index contributed by atoms with van der Waals surface area (Å²) in [5.74, 6) is 0.761. The molecule has 0 spiro atoms. The third-order valence-electron chi connectivity index (χ3n) is 4.29. The number of fused-ring (bicyclic) bond motifs is 1. The number of carbonyl (C=O) groups excluding carboxylic acids is 1. The van der Waals surface area contributed by atoms with E-state index in [9.17, 15) is 4.79 Å². The topological polar surface area (TPSA) is 78.1 Å². The first-order chi connectivity index (χ1) is 11.7. The van der Waals surface area contributed by atoms with E-state index in [0.717, 1.165) is 16.7 Å². The molecule has 3 aromatic rings. The molecular weight excluding hydrogens is 308 g/mol. The molecule has 4 rings (SSSR count). The van der Waals surface area contributed by atoms with Gasteiger partial charge in [-0.1, -0.05) is 18.2 Å². The lowest BCUT2D eigenvalue weighted by Crippen LogP contribution is -2.44. The molecule has 1 atom stereocenters. The van der Waals surface area contributed by atoms with Crippen LogP contribution in [0.3, 0.4) is 0 Å². The zero-order valence-corrected chi connectivity index (χ0v) is 13.4. The first-order valence-electron chi connectivity index (χ1n) is 7.86. The number of rotatable bonds is 3. The Morgan fingerprint density at radius 3 is 3.08 bits per heavy atom. The van der Waals surface area contributed by atoms with Crippen LogP contribution in [0.5, 0.6) is 0 Å². The van der Waals surface area contributed by atoms with Gasteiger partial charge in [0.25, 0.3) is 0 Å². The van der Waals surface area contributed by atoms with Gasteiger partial charge in [0.05, 0.1) is 24.9 Å². The summed E-state index contributed by atoms with van der Waals surface area (Å²) < 4.78 is 9.31. The third-order valence-corrected chi connectivity index (χ3v) is 4.29. The standard InChI is InChI=1S/C16H18N6O2/c1-20-11-17-19-16(20)14-9-21(6-7-24-14)15(23)10-22-13-5-3-2-4-12(13)8-18-22/h2-5,8,11,14H,6-7,9-10H2,1H3/t14-/m0/s1. The summed E-state index contributed by atoms with van der Waals surface area (Å²) in [5, 5.41) is 13.3. The van der Waals surface area contributed by atoms with Crippen LogP contribution in [0.2, 0.25) is 0 Å². The summed E-state index contributed by atoms with van der Waals surface area (Å²) >= 11 is 0. The molecule has 3 heterocycles. The highest BCUT2D eigenvalue weighted by molar-refractivity contribution is 5.82. The normalized spacial score (nSPS) is 18.2. The average molecular weight is 326 g/mol. The van der Waals surface area contributed by atoms with E-state index in [-0.39, 0.29) is 18.6 Å². The summed E-state index contributed by atoms with van der Waals surface area (Å²) in [6.45, 7) is 1.76. The van der Waals surface area contributed by atoms with Crippen molar-refractivity contribution in [3.05, 3.63) is 42.6 Å². The van der Waals surface area contributed by atoms with Crippen LogP contribution >= 0.6 is 0 Å². The van der Waals surface area contributed by atoms with Crippen molar-refractivity contribution < 1.29 is 9.53 Å². The molecule has 0 aliphatic carbocycles. The van der Waals surface area contributed by atoms with Gasteiger partial charge in [0, 0.05) is 19.0 Å². The van der Waals surface area contributed by atoms with E-state index in [1.54, 1.807) is 22.1 Å². The lowest BCUT2D eigenvalue weighted by molar-refractivity contribution is -0.140. The van der Waals surface area contributed by atoms with E-state index >= 15 is 0 Å². The lowest BCUT2D eigenvalue weighted by Gasteiger charge is -2.32. The maximum Gasteiger partial charge on any atom is 0.244 e. The minimum absolute atomic E-state index is 0.0271. The van der Waals surface area contributed by atoms with Crippen LogP contribution in [0.4, 0.5) is 0 Å². The number of morpholine rings is 1. The Balaban J connectivity index is 1.49. The molecule has 1 saturated heterocycles.